The van der Waals surface area contributed by atoms with Crippen LogP contribution in [0.25, 0.3) is 5.69 Å². The van der Waals surface area contributed by atoms with E-state index in [1.165, 1.54) is 0 Å². The fourth-order valence-corrected chi connectivity index (χ4v) is 2.01. The fraction of sp³-hybridized carbons (Fsp3) is 0.250. The third-order valence-electron chi connectivity index (χ3n) is 2.80. The summed E-state index contributed by atoms with van der Waals surface area (Å²) in [5.41, 5.74) is -3.48. The minimum atomic E-state index is -4.87. The van der Waals surface area contributed by atoms with E-state index in [9.17, 15) is 35.1 Å². The summed E-state index contributed by atoms with van der Waals surface area (Å²) in [5.74, 6) is -6.07. The van der Waals surface area contributed by atoms with Crippen LogP contribution in [0.4, 0.5) is 35.1 Å². The van der Waals surface area contributed by atoms with Crippen molar-refractivity contribution in [2.45, 2.75) is 18.5 Å². The van der Waals surface area contributed by atoms with Crippen molar-refractivity contribution in [3.8, 4) is 5.69 Å². The van der Waals surface area contributed by atoms with Crippen LogP contribution in [0.15, 0.2) is 24.7 Å². The Morgan fingerprint density at radius 3 is 2.17 bits per heavy atom. The van der Waals surface area contributed by atoms with Crippen molar-refractivity contribution in [2.75, 3.05) is 0 Å². The number of imidazole rings is 1. The van der Waals surface area contributed by atoms with Crippen LogP contribution < -0.4 is 0 Å². The molecule has 0 bridgehead atoms. The Kier molecular flexibility index (Phi) is 4.31. The van der Waals surface area contributed by atoms with Crippen LogP contribution in [0.2, 0.25) is 5.02 Å². The molecule has 0 aliphatic heterocycles. The van der Waals surface area contributed by atoms with Crippen LogP contribution in [0.5, 0.6) is 0 Å². The normalized spacial score (nSPS) is 13.0. The Morgan fingerprint density at radius 2 is 1.70 bits per heavy atom. The molecule has 23 heavy (non-hydrogen) atoms. The van der Waals surface area contributed by atoms with Crippen molar-refractivity contribution in [3.63, 3.8) is 0 Å². The van der Waals surface area contributed by atoms with E-state index in [1.54, 1.807) is 0 Å². The average molecular weight is 365 g/mol. The Bertz CT molecular complexity index is 699. The first kappa shape index (κ1) is 17.5. The van der Waals surface area contributed by atoms with Gasteiger partial charge in [-0.25, -0.2) is 18.2 Å². The highest BCUT2D eigenvalue weighted by atomic mass is 35.5. The van der Waals surface area contributed by atoms with E-state index in [4.69, 9.17) is 11.6 Å². The third kappa shape index (κ3) is 3.26. The van der Waals surface area contributed by atoms with E-state index >= 15 is 0 Å². The zero-order chi connectivity index (χ0) is 17.6. The monoisotopic (exact) mass is 364 g/mol. The van der Waals surface area contributed by atoms with Gasteiger partial charge in [0.1, 0.15) is 17.2 Å². The van der Waals surface area contributed by atoms with Gasteiger partial charge in [-0.2, -0.15) is 22.0 Å². The van der Waals surface area contributed by atoms with Crippen LogP contribution in [-0.4, -0.2) is 16.0 Å². The van der Waals surface area contributed by atoms with Crippen LogP contribution in [0.1, 0.15) is 11.3 Å². The fourth-order valence-electron chi connectivity index (χ4n) is 1.70. The molecular formula is C12H5ClF8N2. The van der Waals surface area contributed by atoms with Gasteiger partial charge in [0.05, 0.1) is 16.9 Å². The van der Waals surface area contributed by atoms with Gasteiger partial charge in [-0.3, -0.25) is 0 Å². The molecule has 0 aliphatic carbocycles. The molecule has 0 radical (unpaired) electrons. The number of hydrogen-bond donors (Lipinski definition) is 0. The zero-order valence-electron chi connectivity index (χ0n) is 10.7. The largest absolute Gasteiger partial charge is 0.416 e. The van der Waals surface area contributed by atoms with Crippen LogP contribution in [0, 0.1) is 5.82 Å². The van der Waals surface area contributed by atoms with Crippen molar-refractivity contribution < 1.29 is 35.1 Å². The Balaban J connectivity index is 2.51. The first-order valence-electron chi connectivity index (χ1n) is 5.71. The molecule has 1 aromatic heterocycles. The molecule has 11 heteroatoms. The van der Waals surface area contributed by atoms with Gasteiger partial charge < -0.3 is 4.57 Å². The molecule has 0 saturated carbocycles. The summed E-state index contributed by atoms with van der Waals surface area (Å²) in [5, 5.41) is -0.748. The molecule has 0 amide bonds. The van der Waals surface area contributed by atoms with Crippen molar-refractivity contribution in [2.24, 2.45) is 0 Å². The molecule has 0 aliphatic rings. The summed E-state index contributed by atoms with van der Waals surface area (Å²) in [7, 11) is 0. The molecule has 0 spiro atoms. The highest BCUT2D eigenvalue weighted by molar-refractivity contribution is 6.32. The first-order chi connectivity index (χ1) is 10.4. The molecule has 126 valence electrons. The van der Waals surface area contributed by atoms with Crippen molar-refractivity contribution in [1.82, 2.24) is 9.55 Å². The smallest absolute Gasteiger partial charge is 0.302 e. The Labute approximate surface area is 128 Å². The Morgan fingerprint density at radius 1 is 1.09 bits per heavy atom. The molecule has 0 saturated heterocycles. The molecule has 0 atom stereocenters. The van der Waals surface area contributed by atoms with Gasteiger partial charge in [0.2, 0.25) is 0 Å². The average Bonchev–Trinajstić information content (AvgIpc) is 2.86. The van der Waals surface area contributed by atoms with Gasteiger partial charge in [0.25, 0.3) is 0 Å². The van der Waals surface area contributed by atoms with E-state index in [-0.39, 0.29) is 6.07 Å². The summed E-state index contributed by atoms with van der Waals surface area (Å²) in [6.07, 6.45) is -8.02. The van der Waals surface area contributed by atoms with Gasteiger partial charge in [-0.05, 0) is 12.1 Å². The Hall–Kier alpha value is -1.84. The minimum Gasteiger partial charge on any atom is -0.302 e. The predicted octanol–water partition coefficient (Wildman–Crippen LogP) is 5.04. The van der Waals surface area contributed by atoms with Crippen molar-refractivity contribution >= 4 is 11.6 Å². The molecule has 2 aromatic rings. The van der Waals surface area contributed by atoms with Crippen LogP contribution >= 0.6 is 11.6 Å². The van der Waals surface area contributed by atoms with Crippen molar-refractivity contribution in [3.05, 3.63) is 46.8 Å². The number of rotatable bonds is 3. The minimum absolute atomic E-state index is 0.103. The second kappa shape index (κ2) is 5.66. The number of hydrogen-bond acceptors (Lipinski definition) is 1. The summed E-state index contributed by atoms with van der Waals surface area (Å²) in [6.45, 7) is 0. The number of benzene rings is 1. The maximum atomic E-state index is 13.8. The topological polar surface area (TPSA) is 17.8 Å². The number of alkyl halides is 7. The lowest BCUT2D eigenvalue weighted by Gasteiger charge is -2.13. The summed E-state index contributed by atoms with van der Waals surface area (Å²) in [6, 6.07) is 0.483. The standard InChI is InChI=1S/C12H5ClF8N2/c13-6-1-5(12(19,20)21)2-7(14)9(6)23-3-8(22-4-23)11(17,18)10(15)16/h1-4,10H. The molecular weight excluding hydrogens is 360 g/mol. The second-order valence-electron chi connectivity index (χ2n) is 4.38. The molecule has 2 nitrogen and oxygen atoms in total. The van der Waals surface area contributed by atoms with E-state index in [0.29, 0.717) is 23.2 Å². The predicted molar refractivity (Wildman–Crippen MR) is 63.4 cm³/mol. The van der Waals surface area contributed by atoms with Gasteiger partial charge in [0, 0.05) is 6.20 Å². The van der Waals surface area contributed by atoms with E-state index in [2.05, 4.69) is 4.98 Å². The van der Waals surface area contributed by atoms with E-state index in [0.717, 1.165) is 0 Å². The highest BCUT2D eigenvalue weighted by Gasteiger charge is 2.45. The van der Waals surface area contributed by atoms with Gasteiger partial charge in [-0.15, -0.1) is 0 Å². The molecule has 0 fully saturated rings. The molecule has 1 aromatic carbocycles. The molecule has 0 N–H and O–H groups in total. The summed E-state index contributed by atoms with van der Waals surface area (Å²) in [4.78, 5) is 3.02. The number of halogens is 9. The molecule has 2 rings (SSSR count). The zero-order valence-corrected chi connectivity index (χ0v) is 11.4. The van der Waals surface area contributed by atoms with E-state index in [1.807, 2.05) is 0 Å². The van der Waals surface area contributed by atoms with E-state index < -0.39 is 46.3 Å². The lowest BCUT2D eigenvalue weighted by molar-refractivity contribution is -0.137. The molecule has 0 unspecified atom stereocenters. The lowest BCUT2D eigenvalue weighted by atomic mass is 10.2. The second-order valence-corrected chi connectivity index (χ2v) is 4.78. The van der Waals surface area contributed by atoms with Gasteiger partial charge >= 0.3 is 18.5 Å². The third-order valence-corrected chi connectivity index (χ3v) is 3.09. The summed E-state index contributed by atoms with van der Waals surface area (Å²) >= 11 is 5.54. The van der Waals surface area contributed by atoms with Gasteiger partial charge in [-0.1, -0.05) is 11.6 Å². The van der Waals surface area contributed by atoms with Crippen molar-refractivity contribution in [1.29, 1.82) is 0 Å². The highest BCUT2D eigenvalue weighted by Crippen LogP contribution is 2.37. The van der Waals surface area contributed by atoms with Gasteiger partial charge in [0.15, 0.2) is 0 Å². The maximum Gasteiger partial charge on any atom is 0.416 e. The molecule has 1 heterocycles. The number of aromatic nitrogens is 2. The number of nitrogens with zero attached hydrogens (tertiary/aromatic N) is 2. The lowest BCUT2D eigenvalue weighted by Crippen LogP contribution is -2.23. The van der Waals surface area contributed by atoms with Crippen LogP contribution in [-0.2, 0) is 12.1 Å². The first-order valence-corrected chi connectivity index (χ1v) is 6.09. The summed E-state index contributed by atoms with van der Waals surface area (Å²) < 4.78 is 103. The quantitative estimate of drug-likeness (QED) is 0.698. The SMILES string of the molecule is Fc1cc(C(F)(F)F)cc(Cl)c1-n1cnc(C(F)(F)C(F)F)c1. The maximum absolute atomic E-state index is 13.8. The van der Waals surface area contributed by atoms with Crippen LogP contribution in [0.3, 0.4) is 0 Å².